The average Bonchev–Trinajstić information content (AvgIpc) is 3.75. The van der Waals surface area contributed by atoms with Gasteiger partial charge in [0.05, 0.1) is 6.04 Å². The van der Waals surface area contributed by atoms with E-state index in [2.05, 4.69) is 16.0 Å². The van der Waals surface area contributed by atoms with Crippen molar-refractivity contribution in [2.75, 3.05) is 6.54 Å². The maximum absolute atomic E-state index is 14.2. The third-order valence-electron chi connectivity index (χ3n) is 9.00. The topological polar surface area (TPSA) is 194 Å². The number of fused-ring (bicyclic) bond motifs is 1. The highest BCUT2D eigenvalue weighted by atomic mass is 16.2. The monoisotopic (exact) mass is 576 g/mol. The molecule has 1 saturated heterocycles. The van der Waals surface area contributed by atoms with Crippen LogP contribution in [0.2, 0.25) is 0 Å². The number of nitrogens with one attached hydrogen (secondary N) is 3. The third kappa shape index (κ3) is 6.83. The number of hydrogen-bond donors (Lipinski definition) is 5. The summed E-state index contributed by atoms with van der Waals surface area (Å²) >= 11 is 0. The molecule has 0 bridgehead atoms. The summed E-state index contributed by atoms with van der Waals surface area (Å²) in [6.07, 6.45) is 2.91. The molecule has 3 rings (SSSR count). The highest BCUT2D eigenvalue weighted by Gasteiger charge is 2.70. The van der Waals surface area contributed by atoms with Crippen LogP contribution in [0.1, 0.15) is 81.1 Å². The first-order chi connectivity index (χ1) is 18.7. The second-order valence-electron chi connectivity index (χ2n) is 14.6. The number of hydrogen-bond acceptors (Lipinski definition) is 6. The molecule has 0 aromatic heterocycles. The van der Waals surface area contributed by atoms with Gasteiger partial charge in [0.1, 0.15) is 18.1 Å². The van der Waals surface area contributed by atoms with E-state index in [0.717, 1.165) is 19.3 Å². The standard InChI is InChI=1S/C29H48N6O6/c1-14(2)29-12-16(29)13-35(21(29)24(39)32-17(11-15-9-10-15)18(36)22(30)37)25(40)20(28(6,7)8)34-26(41)33-19(23(31)38)27(3,4)5/h14-17,19-21H,9-13H2,1-8H3,(H2,30,37)(H2,31,38)(H,32,39)(H2,33,34,41)/t16-,17?,19+,20+,21+,29?/m0/s1. The van der Waals surface area contributed by atoms with E-state index in [4.69, 9.17) is 11.5 Å². The molecule has 6 atom stereocenters. The normalized spacial score (nSPS) is 25.9. The summed E-state index contributed by atoms with van der Waals surface area (Å²) in [6, 6.07) is -4.67. The minimum absolute atomic E-state index is 0.0576. The summed E-state index contributed by atoms with van der Waals surface area (Å²) in [6.45, 7) is 15.0. The van der Waals surface area contributed by atoms with Gasteiger partial charge in [0.2, 0.25) is 23.5 Å². The summed E-state index contributed by atoms with van der Waals surface area (Å²) in [5.41, 5.74) is 8.91. The Morgan fingerprint density at radius 1 is 0.878 bits per heavy atom. The van der Waals surface area contributed by atoms with Gasteiger partial charge < -0.3 is 32.3 Å². The van der Waals surface area contributed by atoms with Gasteiger partial charge in [-0.3, -0.25) is 24.0 Å². The van der Waals surface area contributed by atoms with Crippen molar-refractivity contribution in [3.05, 3.63) is 0 Å². The SMILES string of the molecule is CC(C)C12C[C@H]1CN(C(=O)[C@@H](NC(=O)N[C@H](C(N)=O)C(C)(C)C)C(C)(C)C)[C@@H]2C(=O)NC(CC1CC1)C(=O)C(N)=O. The number of likely N-dealkylation sites (tertiary alicyclic amines) is 1. The molecule has 0 aromatic carbocycles. The molecule has 230 valence electrons. The molecule has 3 fully saturated rings. The van der Waals surface area contributed by atoms with Crippen molar-refractivity contribution >= 4 is 35.4 Å². The molecule has 1 aliphatic heterocycles. The first kappa shape index (κ1) is 32.3. The van der Waals surface area contributed by atoms with Crippen molar-refractivity contribution in [2.24, 2.45) is 45.5 Å². The van der Waals surface area contributed by atoms with E-state index < -0.39 is 75.9 Å². The van der Waals surface area contributed by atoms with E-state index in [1.807, 2.05) is 13.8 Å². The summed E-state index contributed by atoms with van der Waals surface area (Å²) in [5.74, 6) is -3.20. The zero-order valence-corrected chi connectivity index (χ0v) is 25.6. The van der Waals surface area contributed by atoms with Crippen molar-refractivity contribution in [1.29, 1.82) is 0 Å². The van der Waals surface area contributed by atoms with E-state index in [1.54, 1.807) is 41.5 Å². The summed E-state index contributed by atoms with van der Waals surface area (Å²) in [7, 11) is 0. The maximum Gasteiger partial charge on any atom is 0.316 e. The Morgan fingerprint density at radius 2 is 1.41 bits per heavy atom. The molecule has 12 nitrogen and oxygen atoms in total. The number of rotatable bonds is 11. The Hall–Kier alpha value is -3.18. The second kappa shape index (κ2) is 11.2. The van der Waals surface area contributed by atoms with E-state index in [0.29, 0.717) is 13.0 Å². The number of carbonyl (C=O) groups excluding carboxylic acids is 6. The number of carbonyl (C=O) groups is 6. The number of amides is 6. The fraction of sp³-hybridized carbons (Fsp3) is 0.793. The molecule has 0 radical (unpaired) electrons. The zero-order chi connectivity index (χ0) is 31.2. The largest absolute Gasteiger partial charge is 0.368 e. The number of nitrogens with two attached hydrogens (primary N) is 2. The fourth-order valence-electron chi connectivity index (χ4n) is 6.37. The first-order valence-corrected chi connectivity index (χ1v) is 14.5. The van der Waals surface area contributed by atoms with E-state index >= 15 is 0 Å². The lowest BCUT2D eigenvalue weighted by atomic mass is 9.82. The van der Waals surface area contributed by atoms with Gasteiger partial charge in [0.25, 0.3) is 5.91 Å². The van der Waals surface area contributed by atoms with Crippen molar-refractivity contribution in [3.63, 3.8) is 0 Å². The maximum atomic E-state index is 14.2. The molecule has 12 heteroatoms. The van der Waals surface area contributed by atoms with E-state index in [-0.39, 0.29) is 17.8 Å². The average molecular weight is 577 g/mol. The van der Waals surface area contributed by atoms with Gasteiger partial charge >= 0.3 is 6.03 Å². The Morgan fingerprint density at radius 3 is 1.85 bits per heavy atom. The van der Waals surface area contributed by atoms with Crippen molar-refractivity contribution in [1.82, 2.24) is 20.9 Å². The lowest BCUT2D eigenvalue weighted by Crippen LogP contribution is -2.63. The van der Waals surface area contributed by atoms with Crippen LogP contribution in [0.25, 0.3) is 0 Å². The van der Waals surface area contributed by atoms with Crippen molar-refractivity contribution in [3.8, 4) is 0 Å². The van der Waals surface area contributed by atoms with Gasteiger partial charge in [-0.05, 0) is 41.4 Å². The van der Waals surface area contributed by atoms with Crippen LogP contribution in [-0.2, 0) is 24.0 Å². The Bertz CT molecular complexity index is 1100. The molecule has 41 heavy (non-hydrogen) atoms. The number of piperidine rings is 1. The van der Waals surface area contributed by atoms with Crippen LogP contribution in [-0.4, -0.2) is 71.1 Å². The summed E-state index contributed by atoms with van der Waals surface area (Å²) in [5, 5.41) is 8.11. The van der Waals surface area contributed by atoms with Crippen LogP contribution >= 0.6 is 0 Å². The molecule has 1 heterocycles. The highest BCUT2D eigenvalue weighted by molar-refractivity contribution is 6.37. The smallest absolute Gasteiger partial charge is 0.316 e. The van der Waals surface area contributed by atoms with Gasteiger partial charge in [-0.15, -0.1) is 0 Å². The zero-order valence-electron chi connectivity index (χ0n) is 25.6. The number of nitrogens with zero attached hydrogens (tertiary/aromatic N) is 1. The Kier molecular flexibility index (Phi) is 8.87. The van der Waals surface area contributed by atoms with E-state index in [9.17, 15) is 28.8 Å². The van der Waals surface area contributed by atoms with Crippen LogP contribution in [0.15, 0.2) is 0 Å². The first-order valence-electron chi connectivity index (χ1n) is 14.5. The van der Waals surface area contributed by atoms with Crippen LogP contribution in [0.4, 0.5) is 4.79 Å². The van der Waals surface area contributed by atoms with Gasteiger partial charge in [-0.25, -0.2) is 4.79 Å². The Labute approximate surface area is 242 Å². The van der Waals surface area contributed by atoms with Gasteiger partial charge in [-0.2, -0.15) is 0 Å². The summed E-state index contributed by atoms with van der Waals surface area (Å²) < 4.78 is 0. The van der Waals surface area contributed by atoms with Crippen LogP contribution in [0.3, 0.4) is 0 Å². The third-order valence-corrected chi connectivity index (χ3v) is 9.00. The lowest BCUT2D eigenvalue weighted by Gasteiger charge is -2.39. The minimum atomic E-state index is -1.11. The molecule has 2 aliphatic carbocycles. The van der Waals surface area contributed by atoms with Gasteiger partial charge in [-0.1, -0.05) is 68.2 Å². The molecule has 2 saturated carbocycles. The van der Waals surface area contributed by atoms with E-state index in [1.165, 1.54) is 4.90 Å². The second-order valence-corrected chi connectivity index (χ2v) is 14.6. The number of Topliss-reactive ketones (excluding diaryl/α,β-unsaturated/α-hetero) is 1. The molecule has 0 spiro atoms. The number of urea groups is 1. The van der Waals surface area contributed by atoms with Gasteiger partial charge in [0.15, 0.2) is 0 Å². The fourth-order valence-corrected chi connectivity index (χ4v) is 6.37. The minimum Gasteiger partial charge on any atom is -0.368 e. The molecular formula is C29H48N6O6. The predicted molar refractivity (Wildman–Crippen MR) is 152 cm³/mol. The molecule has 2 unspecified atom stereocenters. The Balaban J connectivity index is 1.88. The predicted octanol–water partition coefficient (Wildman–Crippen LogP) is 0.813. The molecule has 6 amide bonds. The van der Waals surface area contributed by atoms with Gasteiger partial charge in [0, 0.05) is 12.0 Å². The quantitative estimate of drug-likeness (QED) is 0.226. The van der Waals surface area contributed by atoms with Crippen LogP contribution in [0, 0.1) is 34.0 Å². The molecule has 0 aromatic rings. The molecule has 7 N–H and O–H groups in total. The molecular weight excluding hydrogens is 528 g/mol. The van der Waals surface area contributed by atoms with Crippen molar-refractivity contribution < 1.29 is 28.8 Å². The number of primary amides is 2. The number of ketones is 1. The van der Waals surface area contributed by atoms with Crippen molar-refractivity contribution in [2.45, 2.75) is 105 Å². The highest BCUT2D eigenvalue weighted by Crippen LogP contribution is 2.66. The lowest BCUT2D eigenvalue weighted by molar-refractivity contribution is -0.146. The van der Waals surface area contributed by atoms with Crippen LogP contribution < -0.4 is 27.4 Å². The van der Waals surface area contributed by atoms with Crippen LogP contribution in [0.5, 0.6) is 0 Å². The molecule has 3 aliphatic rings. The summed E-state index contributed by atoms with van der Waals surface area (Å²) in [4.78, 5) is 79.0.